The first-order chi connectivity index (χ1) is 8.65. The van der Waals surface area contributed by atoms with E-state index in [-0.39, 0.29) is 5.15 Å². The van der Waals surface area contributed by atoms with Gasteiger partial charge in [-0.1, -0.05) is 11.6 Å². The van der Waals surface area contributed by atoms with Crippen LogP contribution in [0.1, 0.15) is 34.6 Å². The molecular weight excluding hydrogens is 252 g/mol. The van der Waals surface area contributed by atoms with E-state index in [0.717, 1.165) is 12.4 Å². The zero-order chi connectivity index (χ0) is 13.1. The van der Waals surface area contributed by atoms with Gasteiger partial charge in [0, 0.05) is 25.4 Å². The van der Waals surface area contributed by atoms with E-state index in [1.807, 2.05) is 17.7 Å². The van der Waals surface area contributed by atoms with Crippen LogP contribution in [0.2, 0.25) is 5.15 Å². The molecule has 5 nitrogen and oxygen atoms in total. The van der Waals surface area contributed by atoms with Crippen LogP contribution in [0.3, 0.4) is 0 Å². The highest BCUT2D eigenvalue weighted by atomic mass is 35.5. The molecular formula is C12H13ClN4O. The van der Waals surface area contributed by atoms with Gasteiger partial charge in [-0.15, -0.1) is 0 Å². The van der Waals surface area contributed by atoms with Crippen molar-refractivity contribution in [2.45, 2.75) is 26.8 Å². The molecule has 0 aliphatic heterocycles. The number of aryl methyl sites for hydroxylation is 2. The zero-order valence-electron chi connectivity index (χ0n) is 10.2. The molecule has 0 unspecified atom stereocenters. The minimum atomic E-state index is 0.196. The van der Waals surface area contributed by atoms with Gasteiger partial charge in [0.1, 0.15) is 16.8 Å². The van der Waals surface area contributed by atoms with Crippen LogP contribution in [0.5, 0.6) is 0 Å². The Morgan fingerprint density at radius 1 is 1.44 bits per heavy atom. The third-order valence-corrected chi connectivity index (χ3v) is 2.96. The largest absolute Gasteiger partial charge is 0.335 e. The van der Waals surface area contributed by atoms with Gasteiger partial charge in [-0.25, -0.2) is 15.0 Å². The summed E-state index contributed by atoms with van der Waals surface area (Å²) in [5, 5.41) is 0.196. The predicted octanol–water partition coefficient (Wildman–Crippen LogP) is 2.06. The lowest BCUT2D eigenvalue weighted by Gasteiger charge is -2.08. The molecule has 0 fully saturated rings. The molecule has 0 aromatic carbocycles. The molecule has 0 radical (unpaired) electrons. The molecule has 2 rings (SSSR count). The summed E-state index contributed by atoms with van der Waals surface area (Å²) in [6.45, 7) is 4.60. The Morgan fingerprint density at radius 3 is 2.89 bits per heavy atom. The lowest BCUT2D eigenvalue weighted by Crippen LogP contribution is -2.08. The van der Waals surface area contributed by atoms with Gasteiger partial charge in [0.25, 0.3) is 0 Å². The van der Waals surface area contributed by atoms with Crippen LogP contribution in [0.25, 0.3) is 0 Å². The first-order valence-electron chi connectivity index (χ1n) is 5.64. The molecule has 0 N–H and O–H groups in total. The summed E-state index contributed by atoms with van der Waals surface area (Å²) in [4.78, 5) is 23.6. The fourth-order valence-corrected chi connectivity index (χ4v) is 2.07. The second kappa shape index (κ2) is 5.27. The van der Waals surface area contributed by atoms with E-state index in [2.05, 4.69) is 15.0 Å². The summed E-state index contributed by atoms with van der Waals surface area (Å²) in [6, 6.07) is 0. The fraction of sp³-hybridized carbons (Fsp3) is 0.333. The Kier molecular flexibility index (Phi) is 3.72. The van der Waals surface area contributed by atoms with Crippen molar-refractivity contribution < 1.29 is 4.79 Å². The van der Waals surface area contributed by atoms with Crippen LogP contribution in [0.4, 0.5) is 0 Å². The van der Waals surface area contributed by atoms with Crippen LogP contribution < -0.4 is 0 Å². The minimum absolute atomic E-state index is 0.196. The summed E-state index contributed by atoms with van der Waals surface area (Å²) in [7, 11) is 0. The normalized spacial score (nSPS) is 10.6. The van der Waals surface area contributed by atoms with Gasteiger partial charge in [0.2, 0.25) is 0 Å². The Morgan fingerprint density at radius 2 is 2.22 bits per heavy atom. The summed E-state index contributed by atoms with van der Waals surface area (Å²) >= 11 is 5.94. The Bertz CT molecular complexity index is 579. The van der Waals surface area contributed by atoms with E-state index in [4.69, 9.17) is 11.6 Å². The number of hydrogen-bond donors (Lipinski definition) is 0. The molecule has 0 atom stereocenters. The highest BCUT2D eigenvalue weighted by molar-refractivity contribution is 6.31. The number of imidazole rings is 1. The predicted molar refractivity (Wildman–Crippen MR) is 67.9 cm³/mol. The standard InChI is InChI=1S/C12H13ClN4O/c1-3-17-5-4-14-11(17)6-10-9(7-18)12(13)16-8(2)15-10/h4-5,7H,3,6H2,1-2H3. The second-order valence-corrected chi connectivity index (χ2v) is 4.20. The smallest absolute Gasteiger partial charge is 0.155 e. The van der Waals surface area contributed by atoms with Crippen LogP contribution in [0.15, 0.2) is 12.4 Å². The summed E-state index contributed by atoms with van der Waals surface area (Å²) in [6.07, 6.45) is 4.79. The fourth-order valence-electron chi connectivity index (χ4n) is 1.80. The number of aldehydes is 1. The number of hydrogen-bond acceptors (Lipinski definition) is 4. The average molecular weight is 265 g/mol. The molecule has 2 heterocycles. The van der Waals surface area contributed by atoms with Crippen molar-refractivity contribution in [1.82, 2.24) is 19.5 Å². The average Bonchev–Trinajstić information content (AvgIpc) is 2.76. The maximum atomic E-state index is 11.1. The van der Waals surface area contributed by atoms with Gasteiger partial charge < -0.3 is 4.57 Å². The number of rotatable bonds is 4. The summed E-state index contributed by atoms with van der Waals surface area (Å²) in [5.41, 5.74) is 0.955. The van der Waals surface area contributed by atoms with E-state index >= 15 is 0 Å². The van der Waals surface area contributed by atoms with Crippen molar-refractivity contribution >= 4 is 17.9 Å². The molecule has 0 amide bonds. The summed E-state index contributed by atoms with van der Waals surface area (Å²) < 4.78 is 2.00. The number of halogens is 1. The van der Waals surface area contributed by atoms with Gasteiger partial charge in [0.15, 0.2) is 6.29 Å². The Labute approximate surface area is 110 Å². The monoisotopic (exact) mass is 264 g/mol. The van der Waals surface area contributed by atoms with E-state index in [0.29, 0.717) is 29.8 Å². The quantitative estimate of drug-likeness (QED) is 0.626. The molecule has 18 heavy (non-hydrogen) atoms. The van der Waals surface area contributed by atoms with E-state index < -0.39 is 0 Å². The maximum Gasteiger partial charge on any atom is 0.155 e. The van der Waals surface area contributed by atoms with E-state index in [1.54, 1.807) is 13.1 Å². The number of carbonyl (C=O) groups is 1. The van der Waals surface area contributed by atoms with Gasteiger partial charge in [-0.05, 0) is 13.8 Å². The van der Waals surface area contributed by atoms with Gasteiger partial charge in [-0.2, -0.15) is 0 Å². The molecule has 0 aliphatic carbocycles. The number of aromatic nitrogens is 4. The minimum Gasteiger partial charge on any atom is -0.335 e. The topological polar surface area (TPSA) is 60.7 Å². The highest BCUT2D eigenvalue weighted by Gasteiger charge is 2.13. The molecule has 0 spiro atoms. The van der Waals surface area contributed by atoms with Crippen molar-refractivity contribution in [2.24, 2.45) is 0 Å². The lowest BCUT2D eigenvalue weighted by molar-refractivity contribution is 0.112. The van der Waals surface area contributed by atoms with Crippen molar-refractivity contribution in [2.75, 3.05) is 0 Å². The van der Waals surface area contributed by atoms with Crippen LogP contribution in [-0.4, -0.2) is 25.8 Å². The number of nitrogens with zero attached hydrogens (tertiary/aromatic N) is 4. The molecule has 0 aliphatic rings. The molecule has 2 aromatic rings. The molecule has 0 bridgehead atoms. The molecule has 2 aromatic heterocycles. The molecule has 0 saturated heterocycles. The maximum absolute atomic E-state index is 11.1. The van der Waals surface area contributed by atoms with E-state index in [9.17, 15) is 4.79 Å². The van der Waals surface area contributed by atoms with Crippen molar-refractivity contribution in [3.8, 4) is 0 Å². The summed E-state index contributed by atoms with van der Waals surface area (Å²) in [5.74, 6) is 1.41. The third kappa shape index (κ3) is 2.41. The highest BCUT2D eigenvalue weighted by Crippen LogP contribution is 2.17. The molecule has 6 heteroatoms. The number of carbonyl (C=O) groups excluding carboxylic acids is 1. The van der Waals surface area contributed by atoms with Crippen molar-refractivity contribution in [3.63, 3.8) is 0 Å². The Hall–Kier alpha value is -1.75. The van der Waals surface area contributed by atoms with Gasteiger partial charge in [-0.3, -0.25) is 4.79 Å². The first-order valence-corrected chi connectivity index (χ1v) is 6.01. The molecule has 0 saturated carbocycles. The van der Waals surface area contributed by atoms with Gasteiger partial charge in [0.05, 0.1) is 11.3 Å². The van der Waals surface area contributed by atoms with Crippen LogP contribution in [-0.2, 0) is 13.0 Å². The van der Waals surface area contributed by atoms with Gasteiger partial charge >= 0.3 is 0 Å². The SMILES string of the molecule is CCn1ccnc1Cc1nc(C)nc(Cl)c1C=O. The van der Waals surface area contributed by atoms with Crippen LogP contribution in [0, 0.1) is 6.92 Å². The van der Waals surface area contributed by atoms with E-state index in [1.165, 1.54) is 0 Å². The first kappa shape index (κ1) is 12.7. The lowest BCUT2D eigenvalue weighted by atomic mass is 10.2. The molecule has 94 valence electrons. The Balaban J connectivity index is 2.42. The van der Waals surface area contributed by atoms with Crippen molar-refractivity contribution in [3.05, 3.63) is 40.5 Å². The third-order valence-electron chi connectivity index (χ3n) is 2.68. The van der Waals surface area contributed by atoms with Crippen LogP contribution >= 0.6 is 11.6 Å². The zero-order valence-corrected chi connectivity index (χ0v) is 11.0. The van der Waals surface area contributed by atoms with Crippen molar-refractivity contribution in [1.29, 1.82) is 0 Å². The second-order valence-electron chi connectivity index (χ2n) is 3.85.